The zero-order valence-electron chi connectivity index (χ0n) is 11.1. The first-order chi connectivity index (χ1) is 10.1. The van der Waals surface area contributed by atoms with Crippen molar-refractivity contribution in [2.45, 2.75) is 13.5 Å². The average Bonchev–Trinajstić information content (AvgIpc) is 2.76. The van der Waals surface area contributed by atoms with E-state index in [0.29, 0.717) is 22.4 Å². The number of aryl methyl sites for hydroxylation is 1. The Morgan fingerprint density at radius 1 is 1.29 bits per heavy atom. The molecule has 0 aliphatic rings. The van der Waals surface area contributed by atoms with Crippen LogP contribution in [0.2, 0.25) is 10.3 Å². The molecule has 0 aliphatic heterocycles. The van der Waals surface area contributed by atoms with E-state index >= 15 is 0 Å². The lowest BCUT2D eigenvalue weighted by Crippen LogP contribution is -2.02. The molecule has 0 bridgehead atoms. The normalized spacial score (nSPS) is 10.8. The molecule has 0 spiro atoms. The van der Waals surface area contributed by atoms with E-state index in [1.165, 1.54) is 0 Å². The lowest BCUT2D eigenvalue weighted by Gasteiger charge is -2.06. The highest BCUT2D eigenvalue weighted by Crippen LogP contribution is 2.26. The van der Waals surface area contributed by atoms with Crippen LogP contribution in [0.3, 0.4) is 0 Å². The lowest BCUT2D eigenvalue weighted by molar-refractivity contribution is 0.798. The molecule has 4 nitrogen and oxygen atoms in total. The average molecular weight is 317 g/mol. The number of hydrogen-bond acceptors (Lipinski definition) is 3. The third-order valence-corrected chi connectivity index (χ3v) is 3.95. The van der Waals surface area contributed by atoms with Gasteiger partial charge in [0.1, 0.15) is 6.07 Å². The summed E-state index contributed by atoms with van der Waals surface area (Å²) in [7, 11) is 0. The summed E-state index contributed by atoms with van der Waals surface area (Å²) >= 11 is 12.4. The molecule has 0 aliphatic carbocycles. The molecular formula is C15H10Cl2N4. The first kappa shape index (κ1) is 13.9. The van der Waals surface area contributed by atoms with Crippen LogP contribution in [0.1, 0.15) is 16.8 Å². The summed E-state index contributed by atoms with van der Waals surface area (Å²) < 4.78 is 1.84. The van der Waals surface area contributed by atoms with E-state index in [2.05, 4.69) is 9.97 Å². The van der Waals surface area contributed by atoms with Crippen molar-refractivity contribution in [2.75, 3.05) is 0 Å². The van der Waals surface area contributed by atoms with E-state index in [1.807, 2.05) is 29.7 Å². The number of halogens is 2. The van der Waals surface area contributed by atoms with Gasteiger partial charge < -0.3 is 4.57 Å². The van der Waals surface area contributed by atoms with Crippen molar-refractivity contribution in [2.24, 2.45) is 0 Å². The fraction of sp³-hybridized carbons (Fsp3) is 0.133. The van der Waals surface area contributed by atoms with E-state index in [-0.39, 0.29) is 0 Å². The predicted octanol–water partition coefficient (Wildman–Crippen LogP) is 3.97. The molecule has 6 heteroatoms. The Balaban J connectivity index is 2.05. The first-order valence-corrected chi connectivity index (χ1v) is 7.01. The largest absolute Gasteiger partial charge is 0.309 e. The fourth-order valence-corrected chi connectivity index (χ4v) is 2.52. The van der Waals surface area contributed by atoms with Gasteiger partial charge in [-0.25, -0.2) is 4.98 Å². The molecule has 3 rings (SSSR count). The van der Waals surface area contributed by atoms with E-state index in [4.69, 9.17) is 28.5 Å². The maximum Gasteiger partial charge on any atom is 0.204 e. The molecule has 0 N–H and O–H groups in total. The highest BCUT2D eigenvalue weighted by atomic mass is 35.5. The van der Waals surface area contributed by atoms with Crippen LogP contribution < -0.4 is 0 Å². The molecule has 0 saturated carbocycles. The van der Waals surface area contributed by atoms with Crippen LogP contribution in [0, 0.1) is 18.3 Å². The van der Waals surface area contributed by atoms with Crippen molar-refractivity contribution in [1.29, 1.82) is 5.26 Å². The summed E-state index contributed by atoms with van der Waals surface area (Å²) in [5.41, 5.74) is 3.95. The molecule has 2 aromatic heterocycles. The number of nitrogens with zero attached hydrogens (tertiary/aromatic N) is 4. The summed E-state index contributed by atoms with van der Waals surface area (Å²) in [5.74, 6) is 0. The van der Waals surface area contributed by atoms with Gasteiger partial charge in [-0.1, -0.05) is 11.6 Å². The van der Waals surface area contributed by atoms with Crippen LogP contribution in [0.5, 0.6) is 0 Å². The van der Waals surface area contributed by atoms with Gasteiger partial charge >= 0.3 is 0 Å². The van der Waals surface area contributed by atoms with Crippen LogP contribution in [-0.2, 0) is 6.54 Å². The van der Waals surface area contributed by atoms with Crippen molar-refractivity contribution < 1.29 is 0 Å². The second kappa shape index (κ2) is 5.36. The van der Waals surface area contributed by atoms with E-state index in [0.717, 1.165) is 22.3 Å². The zero-order chi connectivity index (χ0) is 15.0. The number of rotatable bonds is 2. The summed E-state index contributed by atoms with van der Waals surface area (Å²) in [6.07, 6.45) is 1.54. The molecule has 2 heterocycles. The minimum Gasteiger partial charge on any atom is -0.309 e. The van der Waals surface area contributed by atoms with Gasteiger partial charge in [-0.15, -0.1) is 0 Å². The maximum atomic E-state index is 8.79. The lowest BCUT2D eigenvalue weighted by atomic mass is 10.2. The van der Waals surface area contributed by atoms with Crippen LogP contribution in [0.4, 0.5) is 0 Å². The Morgan fingerprint density at radius 2 is 2.10 bits per heavy atom. The molecule has 0 fully saturated rings. The third-order valence-electron chi connectivity index (χ3n) is 3.26. The van der Waals surface area contributed by atoms with Gasteiger partial charge in [0.2, 0.25) is 5.28 Å². The first-order valence-electron chi connectivity index (χ1n) is 6.25. The van der Waals surface area contributed by atoms with Crippen LogP contribution in [0.25, 0.3) is 11.0 Å². The Bertz CT molecular complexity index is 860. The molecule has 0 radical (unpaired) electrons. The highest BCUT2D eigenvalue weighted by Gasteiger charge is 2.12. The number of hydrogen-bond donors (Lipinski definition) is 0. The number of nitriles is 1. The van der Waals surface area contributed by atoms with Gasteiger partial charge in [-0.2, -0.15) is 5.26 Å². The molecular weight excluding hydrogens is 307 g/mol. The second-order valence-corrected chi connectivity index (χ2v) is 5.45. The summed E-state index contributed by atoms with van der Waals surface area (Å²) in [6.45, 7) is 2.40. The number of imidazole rings is 1. The van der Waals surface area contributed by atoms with Crippen molar-refractivity contribution in [3.05, 3.63) is 57.6 Å². The Hall–Kier alpha value is -2.09. The minimum atomic E-state index is 0.387. The van der Waals surface area contributed by atoms with Crippen LogP contribution in [0.15, 0.2) is 30.5 Å². The SMILES string of the molecule is Cc1cc2nc(Cl)n(Cc3ccc(C#N)cn3)c2cc1Cl. The van der Waals surface area contributed by atoms with E-state index in [9.17, 15) is 0 Å². The molecule has 0 amide bonds. The van der Waals surface area contributed by atoms with Crippen molar-refractivity contribution in [3.8, 4) is 6.07 Å². The Morgan fingerprint density at radius 3 is 2.76 bits per heavy atom. The van der Waals surface area contributed by atoms with Crippen LogP contribution >= 0.6 is 23.2 Å². The van der Waals surface area contributed by atoms with Gasteiger partial charge in [0.05, 0.1) is 28.8 Å². The fourth-order valence-electron chi connectivity index (χ4n) is 2.12. The smallest absolute Gasteiger partial charge is 0.204 e. The van der Waals surface area contributed by atoms with Gasteiger partial charge in [-0.05, 0) is 48.4 Å². The predicted molar refractivity (Wildman–Crippen MR) is 82.5 cm³/mol. The summed E-state index contributed by atoms with van der Waals surface area (Å²) in [4.78, 5) is 8.58. The van der Waals surface area contributed by atoms with E-state index in [1.54, 1.807) is 18.3 Å². The van der Waals surface area contributed by atoms with E-state index < -0.39 is 0 Å². The molecule has 104 valence electrons. The quantitative estimate of drug-likeness (QED) is 0.719. The molecule has 21 heavy (non-hydrogen) atoms. The Labute approximate surface area is 131 Å². The molecule has 0 atom stereocenters. The number of benzene rings is 1. The Kier molecular flexibility index (Phi) is 3.54. The van der Waals surface area contributed by atoms with Gasteiger partial charge in [-0.3, -0.25) is 4.98 Å². The van der Waals surface area contributed by atoms with Gasteiger partial charge in [0, 0.05) is 11.2 Å². The standard InChI is InChI=1S/C15H10Cl2N4/c1-9-4-13-14(5-12(9)16)21(15(17)20-13)8-11-3-2-10(6-18)7-19-11/h2-5,7H,8H2,1H3. The summed E-state index contributed by atoms with van der Waals surface area (Å²) in [6, 6.07) is 9.34. The molecule has 0 saturated heterocycles. The summed E-state index contributed by atoms with van der Waals surface area (Å²) in [5, 5.41) is 9.85. The van der Waals surface area contributed by atoms with Gasteiger partial charge in [0.25, 0.3) is 0 Å². The highest BCUT2D eigenvalue weighted by molar-refractivity contribution is 6.32. The second-order valence-electron chi connectivity index (χ2n) is 4.71. The molecule has 3 aromatic rings. The third kappa shape index (κ3) is 2.58. The van der Waals surface area contributed by atoms with Crippen molar-refractivity contribution in [1.82, 2.24) is 14.5 Å². The van der Waals surface area contributed by atoms with Crippen molar-refractivity contribution in [3.63, 3.8) is 0 Å². The molecule has 0 unspecified atom stereocenters. The zero-order valence-corrected chi connectivity index (χ0v) is 12.7. The van der Waals surface area contributed by atoms with Gasteiger partial charge in [0.15, 0.2) is 0 Å². The van der Waals surface area contributed by atoms with Crippen LogP contribution in [-0.4, -0.2) is 14.5 Å². The molecule has 1 aromatic carbocycles. The number of pyridine rings is 1. The number of fused-ring (bicyclic) bond motifs is 1. The number of aromatic nitrogens is 3. The monoisotopic (exact) mass is 316 g/mol. The van der Waals surface area contributed by atoms with Crippen molar-refractivity contribution >= 4 is 34.2 Å². The maximum absolute atomic E-state index is 8.79. The topological polar surface area (TPSA) is 54.5 Å². The minimum absolute atomic E-state index is 0.387.